The summed E-state index contributed by atoms with van der Waals surface area (Å²) in [7, 11) is 1.55. The molecule has 0 bridgehead atoms. The number of nitrogens with two attached hydrogens (primary N) is 1. The van der Waals surface area contributed by atoms with Crippen LogP contribution in [0, 0.1) is 5.82 Å². The first-order valence-electron chi connectivity index (χ1n) is 4.86. The molecule has 0 saturated heterocycles. The van der Waals surface area contributed by atoms with E-state index in [1.807, 2.05) is 0 Å². The molecule has 1 aliphatic rings. The Morgan fingerprint density at radius 1 is 1.53 bits per heavy atom. The topological polar surface area (TPSA) is 35.2 Å². The number of methoxy groups -OCH3 is 1. The second-order valence-electron chi connectivity index (χ2n) is 3.95. The van der Waals surface area contributed by atoms with Crippen molar-refractivity contribution in [2.24, 2.45) is 5.73 Å². The molecule has 1 fully saturated rings. The van der Waals surface area contributed by atoms with Gasteiger partial charge in [-0.3, -0.25) is 0 Å². The van der Waals surface area contributed by atoms with Gasteiger partial charge < -0.3 is 10.5 Å². The van der Waals surface area contributed by atoms with E-state index in [1.165, 1.54) is 6.07 Å². The lowest BCUT2D eigenvalue weighted by Gasteiger charge is -2.18. The Morgan fingerprint density at radius 3 is 2.67 bits per heavy atom. The highest BCUT2D eigenvalue weighted by Gasteiger charge is 2.46. The van der Waals surface area contributed by atoms with Crippen LogP contribution < -0.4 is 10.5 Å². The van der Waals surface area contributed by atoms with Crippen molar-refractivity contribution < 1.29 is 9.13 Å². The molecule has 1 aromatic rings. The summed E-state index contributed by atoms with van der Waals surface area (Å²) < 4.78 is 19.8. The molecule has 1 saturated carbocycles. The largest absolute Gasteiger partial charge is 0.496 e. The van der Waals surface area contributed by atoms with Crippen molar-refractivity contribution in [3.63, 3.8) is 0 Å². The lowest BCUT2D eigenvalue weighted by molar-refractivity contribution is 0.396. The van der Waals surface area contributed by atoms with Crippen LogP contribution >= 0.6 is 15.9 Å². The molecule has 2 N–H and O–H groups in total. The molecular formula is C11H13BrFNO. The molecule has 0 heterocycles. The third-order valence-corrected chi connectivity index (χ3v) is 3.47. The summed E-state index contributed by atoms with van der Waals surface area (Å²) in [6, 6.07) is 3.25. The van der Waals surface area contributed by atoms with Gasteiger partial charge in [-0.05, 0) is 25.0 Å². The second-order valence-corrected chi connectivity index (χ2v) is 4.87. The van der Waals surface area contributed by atoms with Crippen LogP contribution in [0.1, 0.15) is 18.4 Å². The summed E-state index contributed by atoms with van der Waals surface area (Å²) >= 11 is 3.25. The van der Waals surface area contributed by atoms with Gasteiger partial charge >= 0.3 is 0 Å². The fourth-order valence-corrected chi connectivity index (χ4v) is 2.34. The predicted octanol–water partition coefficient (Wildman–Crippen LogP) is 2.59. The van der Waals surface area contributed by atoms with Gasteiger partial charge in [-0.25, -0.2) is 4.39 Å². The summed E-state index contributed by atoms with van der Waals surface area (Å²) in [6.07, 6.45) is 1.89. The summed E-state index contributed by atoms with van der Waals surface area (Å²) in [4.78, 5) is 0. The number of halogens is 2. The first-order valence-corrected chi connectivity index (χ1v) is 5.66. The van der Waals surface area contributed by atoms with Crippen LogP contribution in [0.3, 0.4) is 0 Å². The van der Waals surface area contributed by atoms with Gasteiger partial charge in [0.25, 0.3) is 0 Å². The molecule has 0 aromatic heterocycles. The lowest BCUT2D eigenvalue weighted by atomic mass is 9.94. The highest BCUT2D eigenvalue weighted by Crippen LogP contribution is 2.51. The molecular weight excluding hydrogens is 261 g/mol. The van der Waals surface area contributed by atoms with Gasteiger partial charge in [0.2, 0.25) is 0 Å². The van der Waals surface area contributed by atoms with E-state index in [4.69, 9.17) is 10.5 Å². The van der Waals surface area contributed by atoms with Gasteiger partial charge in [-0.1, -0.05) is 15.9 Å². The molecule has 2 rings (SSSR count). The van der Waals surface area contributed by atoms with E-state index >= 15 is 0 Å². The van der Waals surface area contributed by atoms with Crippen molar-refractivity contribution in [2.45, 2.75) is 18.3 Å². The minimum absolute atomic E-state index is 0.184. The molecule has 4 heteroatoms. The van der Waals surface area contributed by atoms with Crippen LogP contribution in [0.2, 0.25) is 0 Å². The van der Waals surface area contributed by atoms with E-state index in [0.717, 1.165) is 12.8 Å². The van der Waals surface area contributed by atoms with Crippen LogP contribution in [0.5, 0.6) is 5.75 Å². The number of hydrogen-bond acceptors (Lipinski definition) is 2. The van der Waals surface area contributed by atoms with E-state index in [1.54, 1.807) is 13.2 Å². The minimum Gasteiger partial charge on any atom is -0.496 e. The van der Waals surface area contributed by atoms with Crippen LogP contribution in [-0.2, 0) is 5.41 Å². The number of rotatable bonds is 3. The summed E-state index contributed by atoms with van der Waals surface area (Å²) in [6.45, 7) is 0.474. The summed E-state index contributed by atoms with van der Waals surface area (Å²) in [5, 5.41) is 0. The number of hydrogen-bond donors (Lipinski definition) is 1. The predicted molar refractivity (Wildman–Crippen MR) is 60.6 cm³/mol. The van der Waals surface area contributed by atoms with Crippen LogP contribution in [-0.4, -0.2) is 13.7 Å². The fraction of sp³-hybridized carbons (Fsp3) is 0.455. The maximum atomic E-state index is 13.9. The molecule has 0 unspecified atom stereocenters. The first-order chi connectivity index (χ1) is 7.13. The molecule has 1 aromatic carbocycles. The Labute approximate surface area is 96.7 Å². The zero-order chi connectivity index (χ0) is 11.1. The Morgan fingerprint density at radius 2 is 2.20 bits per heavy atom. The van der Waals surface area contributed by atoms with Crippen molar-refractivity contribution in [2.75, 3.05) is 13.7 Å². The zero-order valence-electron chi connectivity index (χ0n) is 8.52. The monoisotopic (exact) mass is 273 g/mol. The van der Waals surface area contributed by atoms with Crippen molar-refractivity contribution in [3.8, 4) is 5.75 Å². The van der Waals surface area contributed by atoms with Gasteiger partial charge in [-0.2, -0.15) is 0 Å². The number of benzene rings is 1. The van der Waals surface area contributed by atoms with Gasteiger partial charge in [0.15, 0.2) is 0 Å². The van der Waals surface area contributed by atoms with Crippen molar-refractivity contribution in [1.29, 1.82) is 0 Å². The van der Waals surface area contributed by atoms with Gasteiger partial charge in [-0.15, -0.1) is 0 Å². The summed E-state index contributed by atoms with van der Waals surface area (Å²) in [5.74, 6) is 0.356. The first kappa shape index (κ1) is 10.9. The van der Waals surface area contributed by atoms with Crippen LogP contribution in [0.4, 0.5) is 4.39 Å². The average molecular weight is 274 g/mol. The average Bonchev–Trinajstić information content (AvgIpc) is 2.97. The number of ether oxygens (including phenoxy) is 1. The molecule has 2 nitrogen and oxygen atoms in total. The highest BCUT2D eigenvalue weighted by molar-refractivity contribution is 9.10. The molecule has 82 valence electrons. The highest BCUT2D eigenvalue weighted by atomic mass is 79.9. The molecule has 1 aliphatic carbocycles. The Balaban J connectivity index is 2.54. The van der Waals surface area contributed by atoms with E-state index in [0.29, 0.717) is 22.3 Å². The molecule has 0 amide bonds. The van der Waals surface area contributed by atoms with Gasteiger partial charge in [0, 0.05) is 22.0 Å². The third-order valence-electron chi connectivity index (χ3n) is 3.01. The lowest BCUT2D eigenvalue weighted by Crippen LogP contribution is -2.22. The Bertz CT molecular complexity index is 390. The quantitative estimate of drug-likeness (QED) is 0.919. The second kappa shape index (κ2) is 3.76. The molecule has 0 aliphatic heterocycles. The standard InChI is InChI=1S/C11H13BrFNO/c1-15-9-5-7(12)4-8(13)10(9)11(6-14)2-3-11/h4-5H,2-3,6,14H2,1H3. The van der Waals surface area contributed by atoms with Crippen LogP contribution in [0.15, 0.2) is 16.6 Å². The van der Waals surface area contributed by atoms with E-state index < -0.39 is 0 Å². The van der Waals surface area contributed by atoms with Crippen molar-refractivity contribution in [3.05, 3.63) is 28.0 Å². The summed E-state index contributed by atoms with van der Waals surface area (Å²) in [5.41, 5.74) is 6.15. The van der Waals surface area contributed by atoms with Crippen molar-refractivity contribution >= 4 is 15.9 Å². The normalized spacial score (nSPS) is 17.6. The molecule has 15 heavy (non-hydrogen) atoms. The maximum absolute atomic E-state index is 13.9. The Kier molecular flexibility index (Phi) is 2.73. The zero-order valence-corrected chi connectivity index (χ0v) is 10.1. The molecule has 0 spiro atoms. The van der Waals surface area contributed by atoms with Crippen molar-refractivity contribution in [1.82, 2.24) is 0 Å². The molecule has 0 radical (unpaired) electrons. The van der Waals surface area contributed by atoms with E-state index in [9.17, 15) is 4.39 Å². The maximum Gasteiger partial charge on any atom is 0.131 e. The van der Waals surface area contributed by atoms with E-state index in [-0.39, 0.29) is 11.2 Å². The molecule has 0 atom stereocenters. The smallest absolute Gasteiger partial charge is 0.131 e. The third kappa shape index (κ3) is 1.76. The SMILES string of the molecule is COc1cc(Br)cc(F)c1C1(CN)CC1. The van der Waals surface area contributed by atoms with E-state index in [2.05, 4.69) is 15.9 Å². The van der Waals surface area contributed by atoms with Crippen LogP contribution in [0.25, 0.3) is 0 Å². The van der Waals surface area contributed by atoms with Gasteiger partial charge in [0.1, 0.15) is 11.6 Å². The fourth-order valence-electron chi connectivity index (χ4n) is 1.93. The van der Waals surface area contributed by atoms with Gasteiger partial charge in [0.05, 0.1) is 7.11 Å². The minimum atomic E-state index is -0.232. The Hall–Kier alpha value is -0.610.